The van der Waals surface area contributed by atoms with E-state index in [0.29, 0.717) is 11.6 Å². The summed E-state index contributed by atoms with van der Waals surface area (Å²) < 4.78 is 5.69. The van der Waals surface area contributed by atoms with Gasteiger partial charge in [-0.05, 0) is 38.1 Å². The highest BCUT2D eigenvalue weighted by atomic mass is 35.5. The number of hydrogen-bond donors (Lipinski definition) is 1. The van der Waals surface area contributed by atoms with Crippen LogP contribution < -0.4 is 10.5 Å². The highest BCUT2D eigenvalue weighted by molar-refractivity contribution is 6.30. The molecule has 0 spiro atoms. The van der Waals surface area contributed by atoms with Gasteiger partial charge in [0.2, 0.25) is 5.91 Å². The standard InChI is InChI=1S/C16H24ClN3O2.2ClH/c1-16(2,18)15(21)20-9-7-19(8-10-20)11-12-22-14-5-3-13(17)4-6-14;;/h3-6H,7-12,18H2,1-2H3;2*1H. The van der Waals surface area contributed by atoms with Gasteiger partial charge in [0.25, 0.3) is 0 Å². The summed E-state index contributed by atoms with van der Waals surface area (Å²) in [7, 11) is 0. The van der Waals surface area contributed by atoms with E-state index in [1.165, 1.54) is 0 Å². The maximum Gasteiger partial charge on any atom is 0.242 e. The second kappa shape index (κ2) is 10.3. The van der Waals surface area contributed by atoms with Crippen molar-refractivity contribution in [1.82, 2.24) is 9.80 Å². The van der Waals surface area contributed by atoms with Crippen molar-refractivity contribution in [1.29, 1.82) is 0 Å². The predicted molar refractivity (Wildman–Crippen MR) is 103 cm³/mol. The number of benzene rings is 1. The lowest BCUT2D eigenvalue weighted by Crippen LogP contribution is -2.57. The van der Waals surface area contributed by atoms with E-state index < -0.39 is 5.54 Å². The molecule has 1 aliphatic heterocycles. The molecule has 0 aliphatic carbocycles. The van der Waals surface area contributed by atoms with Gasteiger partial charge in [0.15, 0.2) is 0 Å². The highest BCUT2D eigenvalue weighted by Crippen LogP contribution is 2.15. The molecule has 1 heterocycles. The molecule has 138 valence electrons. The van der Waals surface area contributed by atoms with E-state index in [1.54, 1.807) is 13.8 Å². The van der Waals surface area contributed by atoms with E-state index in [4.69, 9.17) is 22.1 Å². The summed E-state index contributed by atoms with van der Waals surface area (Å²) in [5.41, 5.74) is 5.07. The Morgan fingerprint density at radius 3 is 2.21 bits per heavy atom. The SMILES string of the molecule is CC(C)(N)C(=O)N1CCN(CCOc2ccc(Cl)cc2)CC1.Cl.Cl. The van der Waals surface area contributed by atoms with Crippen LogP contribution in [0.4, 0.5) is 0 Å². The quantitative estimate of drug-likeness (QED) is 0.827. The van der Waals surface area contributed by atoms with Crippen LogP contribution >= 0.6 is 36.4 Å². The summed E-state index contributed by atoms with van der Waals surface area (Å²) >= 11 is 5.83. The molecule has 1 fully saturated rings. The van der Waals surface area contributed by atoms with Gasteiger partial charge in [-0.25, -0.2) is 0 Å². The summed E-state index contributed by atoms with van der Waals surface area (Å²) in [5.74, 6) is 0.840. The Morgan fingerprint density at radius 1 is 1.17 bits per heavy atom. The normalized spacial score (nSPS) is 15.2. The smallest absolute Gasteiger partial charge is 0.242 e. The molecule has 2 N–H and O–H groups in total. The minimum Gasteiger partial charge on any atom is -0.492 e. The minimum atomic E-state index is -0.792. The van der Waals surface area contributed by atoms with Gasteiger partial charge < -0.3 is 15.4 Å². The molecule has 1 amide bonds. The van der Waals surface area contributed by atoms with Crippen molar-refractivity contribution in [2.24, 2.45) is 5.73 Å². The van der Waals surface area contributed by atoms with Gasteiger partial charge in [-0.2, -0.15) is 0 Å². The molecular weight excluding hydrogens is 373 g/mol. The van der Waals surface area contributed by atoms with Crippen molar-refractivity contribution in [2.75, 3.05) is 39.3 Å². The van der Waals surface area contributed by atoms with Crippen LogP contribution in [0, 0.1) is 0 Å². The van der Waals surface area contributed by atoms with Crippen LogP contribution in [0.2, 0.25) is 5.02 Å². The van der Waals surface area contributed by atoms with Crippen LogP contribution in [0.15, 0.2) is 24.3 Å². The van der Waals surface area contributed by atoms with Crippen molar-refractivity contribution in [3.63, 3.8) is 0 Å². The lowest BCUT2D eigenvalue weighted by atomic mass is 10.0. The number of hydrogen-bond acceptors (Lipinski definition) is 4. The van der Waals surface area contributed by atoms with Gasteiger partial charge in [0.05, 0.1) is 5.54 Å². The van der Waals surface area contributed by atoms with Crippen LogP contribution in [0.25, 0.3) is 0 Å². The largest absolute Gasteiger partial charge is 0.492 e. The fraction of sp³-hybridized carbons (Fsp3) is 0.562. The van der Waals surface area contributed by atoms with Gasteiger partial charge in [-0.1, -0.05) is 11.6 Å². The summed E-state index contributed by atoms with van der Waals surface area (Å²) in [6, 6.07) is 7.36. The molecule has 1 aromatic carbocycles. The zero-order chi connectivity index (χ0) is 16.2. The molecule has 2 rings (SSSR count). The van der Waals surface area contributed by atoms with Gasteiger partial charge in [-0.3, -0.25) is 9.69 Å². The minimum absolute atomic E-state index is 0. The number of halogens is 3. The Hall–Kier alpha value is -0.720. The van der Waals surface area contributed by atoms with E-state index in [9.17, 15) is 4.79 Å². The predicted octanol–water partition coefficient (Wildman–Crippen LogP) is 2.44. The molecule has 0 unspecified atom stereocenters. The van der Waals surface area contributed by atoms with Gasteiger partial charge >= 0.3 is 0 Å². The van der Waals surface area contributed by atoms with Crippen molar-refractivity contribution in [3.05, 3.63) is 29.3 Å². The Balaban J connectivity index is 0.00000264. The monoisotopic (exact) mass is 397 g/mol. The first-order valence-corrected chi connectivity index (χ1v) is 7.93. The van der Waals surface area contributed by atoms with Crippen molar-refractivity contribution in [2.45, 2.75) is 19.4 Å². The average Bonchev–Trinajstić information content (AvgIpc) is 2.48. The third kappa shape index (κ3) is 7.03. The first kappa shape index (κ1) is 23.3. The zero-order valence-electron chi connectivity index (χ0n) is 14.0. The van der Waals surface area contributed by atoms with E-state index in [2.05, 4.69) is 4.90 Å². The molecule has 0 radical (unpaired) electrons. The Labute approximate surface area is 161 Å². The fourth-order valence-corrected chi connectivity index (χ4v) is 2.53. The zero-order valence-corrected chi connectivity index (χ0v) is 16.4. The third-order valence-corrected chi connectivity index (χ3v) is 3.95. The van der Waals surface area contributed by atoms with Crippen molar-refractivity contribution >= 4 is 42.3 Å². The Kier molecular flexibility index (Phi) is 10.0. The summed E-state index contributed by atoms with van der Waals surface area (Å²) in [6.45, 7) is 8.12. The molecule has 5 nitrogen and oxygen atoms in total. The molecule has 1 aliphatic rings. The van der Waals surface area contributed by atoms with Crippen LogP contribution in [-0.2, 0) is 4.79 Å². The van der Waals surface area contributed by atoms with Crippen LogP contribution in [0.5, 0.6) is 5.75 Å². The van der Waals surface area contributed by atoms with Crippen molar-refractivity contribution < 1.29 is 9.53 Å². The highest BCUT2D eigenvalue weighted by Gasteiger charge is 2.29. The topological polar surface area (TPSA) is 58.8 Å². The second-order valence-corrected chi connectivity index (χ2v) is 6.59. The number of rotatable bonds is 5. The molecule has 0 atom stereocenters. The number of amides is 1. The lowest BCUT2D eigenvalue weighted by molar-refractivity contribution is -0.137. The average molecular weight is 399 g/mol. The lowest BCUT2D eigenvalue weighted by Gasteiger charge is -2.37. The first-order valence-electron chi connectivity index (χ1n) is 7.55. The molecule has 0 bridgehead atoms. The number of nitrogens with two attached hydrogens (primary N) is 1. The Bertz CT molecular complexity index is 498. The van der Waals surface area contributed by atoms with Crippen molar-refractivity contribution in [3.8, 4) is 5.75 Å². The second-order valence-electron chi connectivity index (χ2n) is 6.16. The summed E-state index contributed by atoms with van der Waals surface area (Å²) in [6.07, 6.45) is 0. The van der Waals surface area contributed by atoms with Crippen LogP contribution in [-0.4, -0.2) is 60.6 Å². The first-order chi connectivity index (χ1) is 10.4. The van der Waals surface area contributed by atoms with E-state index in [1.807, 2.05) is 29.2 Å². The maximum absolute atomic E-state index is 12.1. The molecule has 1 saturated heterocycles. The van der Waals surface area contributed by atoms with Gasteiger partial charge in [0.1, 0.15) is 12.4 Å². The molecular formula is C16H26Cl3N3O2. The number of carbonyl (C=O) groups excluding carboxylic acids is 1. The summed E-state index contributed by atoms with van der Waals surface area (Å²) in [5, 5.41) is 0.705. The molecule has 0 saturated carbocycles. The number of ether oxygens (including phenoxy) is 1. The fourth-order valence-electron chi connectivity index (χ4n) is 2.41. The van der Waals surface area contributed by atoms with Crippen LogP contribution in [0.1, 0.15) is 13.8 Å². The molecule has 1 aromatic rings. The van der Waals surface area contributed by atoms with Crippen LogP contribution in [0.3, 0.4) is 0 Å². The third-order valence-electron chi connectivity index (χ3n) is 3.70. The van der Waals surface area contributed by atoms with Gasteiger partial charge in [0, 0.05) is 37.7 Å². The number of carbonyl (C=O) groups is 1. The molecule has 0 aromatic heterocycles. The number of nitrogens with zero attached hydrogens (tertiary/aromatic N) is 2. The molecule has 24 heavy (non-hydrogen) atoms. The van der Waals surface area contributed by atoms with Gasteiger partial charge in [-0.15, -0.1) is 24.8 Å². The summed E-state index contributed by atoms with van der Waals surface area (Å²) in [4.78, 5) is 16.2. The Morgan fingerprint density at radius 2 is 1.71 bits per heavy atom. The molecule has 8 heteroatoms. The van der Waals surface area contributed by atoms with E-state index in [-0.39, 0.29) is 30.7 Å². The van der Waals surface area contributed by atoms with E-state index in [0.717, 1.165) is 38.5 Å². The van der Waals surface area contributed by atoms with E-state index >= 15 is 0 Å². The maximum atomic E-state index is 12.1. The number of piperazine rings is 1.